The van der Waals surface area contributed by atoms with Gasteiger partial charge in [0.15, 0.2) is 0 Å². The maximum atomic E-state index is 16.8. The topological polar surface area (TPSA) is 207 Å². The summed E-state index contributed by atoms with van der Waals surface area (Å²) in [6.07, 6.45) is -3.40. The summed E-state index contributed by atoms with van der Waals surface area (Å²) >= 11 is 0. The number of ether oxygens (including phenoxy) is 4. The molecule has 382 valence electrons. The molecule has 16 nitrogen and oxygen atoms in total. The first-order valence-corrected chi connectivity index (χ1v) is 24.5. The number of carbonyl (C=O) groups excluding carboxylic acids is 4. The lowest BCUT2D eigenvalue weighted by Gasteiger charge is -2.46. The fourth-order valence-electron chi connectivity index (χ4n) is 10.8. The Morgan fingerprint density at radius 3 is 2.09 bits per heavy atom. The molecular formula is C60H50N4O12. The van der Waals surface area contributed by atoms with Crippen molar-refractivity contribution in [2.24, 2.45) is 5.92 Å². The Bertz CT molecular complexity index is 3350. The average molecular weight is 1020 g/mol. The van der Waals surface area contributed by atoms with E-state index in [0.29, 0.717) is 44.7 Å². The van der Waals surface area contributed by atoms with E-state index >= 15 is 19.2 Å². The summed E-state index contributed by atoms with van der Waals surface area (Å²) in [6.45, 7) is -1.31. The Kier molecular flexibility index (Phi) is 14.4. The van der Waals surface area contributed by atoms with Gasteiger partial charge in [0.2, 0.25) is 11.8 Å². The number of nitrogens with zero attached hydrogens (tertiary/aromatic N) is 3. The average Bonchev–Trinajstić information content (AvgIpc) is 4.13. The van der Waals surface area contributed by atoms with Crippen molar-refractivity contribution in [2.45, 2.75) is 42.4 Å². The number of para-hydroxylation sites is 1. The highest BCUT2D eigenvalue weighted by Crippen LogP contribution is 2.66. The molecule has 0 radical (unpaired) electrons. The number of esters is 1. The molecule has 10 rings (SSSR count). The summed E-state index contributed by atoms with van der Waals surface area (Å²) in [5.41, 5.74) is 1.21. The number of aliphatic hydroxyl groups excluding tert-OH is 2. The van der Waals surface area contributed by atoms with Crippen LogP contribution in [-0.2, 0) is 35.9 Å². The summed E-state index contributed by atoms with van der Waals surface area (Å²) in [5.74, 6) is 2.88. The Hall–Kier alpha value is -9.14. The van der Waals surface area contributed by atoms with E-state index in [4.69, 9.17) is 18.9 Å². The van der Waals surface area contributed by atoms with E-state index in [0.717, 1.165) is 4.90 Å². The molecule has 7 aromatic carbocycles. The number of methoxy groups -OCH3 is 1. The van der Waals surface area contributed by atoms with Crippen LogP contribution >= 0.6 is 0 Å². The predicted molar refractivity (Wildman–Crippen MR) is 278 cm³/mol. The molecule has 3 aliphatic rings. The third-order valence-corrected chi connectivity index (χ3v) is 14.1. The fraction of sp³-hybridized carbons (Fsp3) is 0.200. The van der Waals surface area contributed by atoms with Gasteiger partial charge in [-0.25, -0.2) is 9.69 Å². The van der Waals surface area contributed by atoms with Crippen LogP contribution in [0, 0.1) is 27.9 Å². The van der Waals surface area contributed by atoms with E-state index in [1.165, 1.54) is 24.3 Å². The molecule has 0 aromatic heterocycles. The molecule has 7 aromatic rings. The Morgan fingerprint density at radius 2 is 1.42 bits per heavy atom. The van der Waals surface area contributed by atoms with Gasteiger partial charge in [-0.1, -0.05) is 121 Å². The number of amides is 3. The Balaban J connectivity index is 1.24. The molecule has 7 atom stereocenters. The maximum absolute atomic E-state index is 16.8. The first-order valence-electron chi connectivity index (χ1n) is 24.5. The summed E-state index contributed by atoms with van der Waals surface area (Å²) < 4.78 is 24.1. The van der Waals surface area contributed by atoms with Gasteiger partial charge in [0.1, 0.15) is 42.3 Å². The highest BCUT2D eigenvalue weighted by Gasteiger charge is 2.76. The van der Waals surface area contributed by atoms with Gasteiger partial charge in [0.25, 0.3) is 5.69 Å². The highest BCUT2D eigenvalue weighted by molar-refractivity contribution is 6.23. The number of non-ortho nitro benzene ring substituents is 1. The van der Waals surface area contributed by atoms with Gasteiger partial charge in [0, 0.05) is 35.4 Å². The molecule has 3 aliphatic heterocycles. The van der Waals surface area contributed by atoms with Crippen LogP contribution in [0.2, 0.25) is 0 Å². The number of hydrogen-bond donors (Lipinski definition) is 3. The van der Waals surface area contributed by atoms with Gasteiger partial charge in [-0.15, -0.1) is 0 Å². The monoisotopic (exact) mass is 1020 g/mol. The quantitative estimate of drug-likeness (QED) is 0.0407. The Morgan fingerprint density at radius 1 is 0.789 bits per heavy atom. The van der Waals surface area contributed by atoms with Crippen molar-refractivity contribution in [3.8, 4) is 23.3 Å². The van der Waals surface area contributed by atoms with Crippen LogP contribution in [0.5, 0.6) is 11.5 Å². The molecular weight excluding hydrogens is 969 g/mol. The zero-order chi connectivity index (χ0) is 52.9. The number of morpholine rings is 1. The van der Waals surface area contributed by atoms with E-state index in [1.54, 1.807) is 104 Å². The predicted octanol–water partition coefficient (Wildman–Crippen LogP) is 8.23. The van der Waals surface area contributed by atoms with Gasteiger partial charge in [-0.2, -0.15) is 0 Å². The SMILES string of the molecule is COc1ccc(C#Cc2ccc3c(c2)C2(C(=O)N3C(=O)OCc3ccc([N+](=O)[O-])cc3)C(C(=O)NCC(O)c3ccccc3)C3C(=O)OC(c4ccccc4)C(c4ccccc4)N3C2c2ccccc2OCCO)cc1. The third kappa shape index (κ3) is 9.39. The molecule has 16 heteroatoms. The number of nitrogens with one attached hydrogen (secondary N) is 1. The number of nitro groups is 1. The summed E-state index contributed by atoms with van der Waals surface area (Å²) in [5, 5.41) is 36.1. The molecule has 76 heavy (non-hydrogen) atoms. The van der Waals surface area contributed by atoms with Crippen molar-refractivity contribution in [3.63, 3.8) is 0 Å². The van der Waals surface area contributed by atoms with E-state index < -0.39 is 77.1 Å². The lowest BCUT2D eigenvalue weighted by Crippen LogP contribution is -2.56. The first kappa shape index (κ1) is 50.4. The van der Waals surface area contributed by atoms with Crippen LogP contribution in [0.4, 0.5) is 16.2 Å². The van der Waals surface area contributed by atoms with Gasteiger partial charge < -0.3 is 34.5 Å². The van der Waals surface area contributed by atoms with Crippen molar-refractivity contribution in [1.29, 1.82) is 0 Å². The zero-order valence-corrected chi connectivity index (χ0v) is 40.9. The van der Waals surface area contributed by atoms with Crippen LogP contribution in [0.25, 0.3) is 0 Å². The molecule has 2 saturated heterocycles. The van der Waals surface area contributed by atoms with Gasteiger partial charge in [-0.3, -0.25) is 29.4 Å². The third-order valence-electron chi connectivity index (χ3n) is 14.1. The van der Waals surface area contributed by atoms with Crippen molar-refractivity contribution < 1.29 is 53.3 Å². The van der Waals surface area contributed by atoms with Crippen molar-refractivity contribution in [1.82, 2.24) is 10.2 Å². The minimum Gasteiger partial charge on any atom is -0.497 e. The summed E-state index contributed by atoms with van der Waals surface area (Å²) in [4.78, 5) is 76.9. The summed E-state index contributed by atoms with van der Waals surface area (Å²) in [6, 6.07) is 47.3. The van der Waals surface area contributed by atoms with E-state index in [-0.39, 0.29) is 42.4 Å². The van der Waals surface area contributed by atoms with E-state index in [9.17, 15) is 20.3 Å². The number of hydrogen-bond acceptors (Lipinski definition) is 13. The lowest BCUT2D eigenvalue weighted by atomic mass is 9.65. The number of benzene rings is 7. The van der Waals surface area contributed by atoms with Gasteiger partial charge >= 0.3 is 12.1 Å². The normalized spacial score (nSPS) is 20.8. The largest absolute Gasteiger partial charge is 0.497 e. The van der Waals surface area contributed by atoms with Crippen LogP contribution < -0.4 is 19.7 Å². The number of fused-ring (bicyclic) bond motifs is 3. The number of aliphatic hydroxyl groups is 2. The molecule has 1 spiro atoms. The van der Waals surface area contributed by atoms with Crippen molar-refractivity contribution in [2.75, 3.05) is 31.8 Å². The number of imide groups is 1. The highest BCUT2D eigenvalue weighted by atomic mass is 16.6. The number of nitro benzene ring substituents is 1. The molecule has 3 amide bonds. The number of carbonyl (C=O) groups is 4. The summed E-state index contributed by atoms with van der Waals surface area (Å²) in [7, 11) is 1.56. The van der Waals surface area contributed by atoms with Crippen LogP contribution in [0.3, 0.4) is 0 Å². The van der Waals surface area contributed by atoms with Crippen LogP contribution in [-0.4, -0.2) is 76.8 Å². The van der Waals surface area contributed by atoms with E-state index in [1.807, 2.05) is 65.6 Å². The second-order valence-electron chi connectivity index (χ2n) is 18.4. The molecule has 3 N–H and O–H groups in total. The standard InChI is InChI=1S/C60H50N4O12/c1-73-45-30-25-38(26-31-45)21-22-39-27-32-48-47(35-39)60(58(69)62(48)59(70)75-37-40-23-28-44(29-24-40)64(71)72)51(56(67)61-36-49(66)41-13-5-2-6-14-41)53-57(68)76-54(43-17-9-4-10-18-43)52(42-15-7-3-8-16-42)63(53)55(60)46-19-11-12-20-50(46)74-34-33-65/h2-20,23-32,35,49,51-55,65-66H,33-34,36-37H2,1H3,(H,61,67). The maximum Gasteiger partial charge on any atom is 0.421 e. The van der Waals surface area contributed by atoms with Crippen LogP contribution in [0.1, 0.15) is 68.8 Å². The lowest BCUT2D eigenvalue weighted by molar-refractivity contribution is -0.384. The first-order chi connectivity index (χ1) is 37.0. The molecule has 2 fully saturated rings. The van der Waals surface area contributed by atoms with Crippen molar-refractivity contribution >= 4 is 35.3 Å². The number of rotatable bonds is 14. The molecule has 0 bridgehead atoms. The van der Waals surface area contributed by atoms with E-state index in [2.05, 4.69) is 17.2 Å². The van der Waals surface area contributed by atoms with Gasteiger partial charge in [-0.05, 0) is 88.5 Å². The number of anilines is 1. The van der Waals surface area contributed by atoms with Crippen molar-refractivity contribution in [3.05, 3.63) is 237 Å². The molecule has 0 aliphatic carbocycles. The molecule has 3 heterocycles. The fourth-order valence-corrected chi connectivity index (χ4v) is 10.8. The second-order valence-corrected chi connectivity index (χ2v) is 18.4. The smallest absolute Gasteiger partial charge is 0.421 e. The minimum atomic E-state index is -2.26. The molecule has 7 unspecified atom stereocenters. The Labute approximate surface area is 437 Å². The molecule has 0 saturated carbocycles. The van der Waals surface area contributed by atoms with Gasteiger partial charge in [0.05, 0.1) is 48.4 Å². The minimum absolute atomic E-state index is 0.0265. The second kappa shape index (κ2) is 21.8. The van der Waals surface area contributed by atoms with Crippen LogP contribution in [0.15, 0.2) is 182 Å². The number of cyclic esters (lactones) is 1. The zero-order valence-electron chi connectivity index (χ0n) is 40.9.